The first kappa shape index (κ1) is 21.7. The van der Waals surface area contributed by atoms with Gasteiger partial charge < -0.3 is 4.74 Å². The van der Waals surface area contributed by atoms with Gasteiger partial charge in [-0.25, -0.2) is 8.42 Å². The SMILES string of the molecule is O=S(=O)(c1ccc2ccccc2c1)N1CCOC12CCN(Cc1ccc3ccccc3c1)CC2. The van der Waals surface area contributed by atoms with Crippen molar-refractivity contribution in [1.29, 1.82) is 0 Å². The molecule has 0 radical (unpaired) electrons. The molecule has 2 heterocycles. The molecular weight excluding hydrogens is 444 g/mol. The van der Waals surface area contributed by atoms with Crippen LogP contribution in [0.3, 0.4) is 0 Å². The first-order valence-corrected chi connectivity index (χ1v) is 13.3. The molecule has 34 heavy (non-hydrogen) atoms. The number of ether oxygens (including phenoxy) is 1. The summed E-state index contributed by atoms with van der Waals surface area (Å²) in [7, 11) is -3.65. The van der Waals surface area contributed by atoms with Gasteiger partial charge in [-0.15, -0.1) is 0 Å². The van der Waals surface area contributed by atoms with Crippen molar-refractivity contribution in [3.8, 4) is 0 Å². The van der Waals surface area contributed by atoms with Crippen molar-refractivity contribution in [2.45, 2.75) is 30.0 Å². The van der Waals surface area contributed by atoms with Gasteiger partial charge >= 0.3 is 0 Å². The summed E-state index contributed by atoms with van der Waals surface area (Å²) in [5, 5.41) is 4.47. The standard InChI is InChI=1S/C28H28N2O3S/c31-34(32,27-12-11-24-6-2-4-8-26(24)20-27)30-17-18-33-28(30)13-15-29(16-14-28)21-22-9-10-23-5-1-3-7-25(23)19-22/h1-12,19-20H,13-18,21H2. The highest BCUT2D eigenvalue weighted by Crippen LogP contribution is 2.39. The molecule has 2 aliphatic rings. The summed E-state index contributed by atoms with van der Waals surface area (Å²) < 4.78 is 35.1. The Balaban J connectivity index is 1.20. The Morgan fingerprint density at radius 2 is 1.35 bits per heavy atom. The van der Waals surface area contributed by atoms with E-state index in [1.807, 2.05) is 30.3 Å². The van der Waals surface area contributed by atoms with Gasteiger partial charge in [0.05, 0.1) is 11.5 Å². The third-order valence-corrected chi connectivity index (χ3v) is 9.23. The maximum atomic E-state index is 13.7. The van der Waals surface area contributed by atoms with Crippen LogP contribution in [0.25, 0.3) is 21.5 Å². The van der Waals surface area contributed by atoms with E-state index in [1.54, 1.807) is 16.4 Å². The minimum Gasteiger partial charge on any atom is -0.358 e. The number of piperidine rings is 1. The van der Waals surface area contributed by atoms with Gasteiger partial charge in [0.15, 0.2) is 0 Å². The molecule has 6 heteroatoms. The molecule has 2 aliphatic heterocycles. The number of hydrogen-bond acceptors (Lipinski definition) is 4. The molecular formula is C28H28N2O3S. The van der Waals surface area contributed by atoms with Gasteiger partial charge in [-0.1, -0.05) is 66.7 Å². The van der Waals surface area contributed by atoms with Gasteiger partial charge in [0.1, 0.15) is 5.72 Å². The molecule has 0 amide bonds. The van der Waals surface area contributed by atoms with Gasteiger partial charge in [-0.3, -0.25) is 4.90 Å². The average Bonchev–Trinajstić information content (AvgIpc) is 3.29. The molecule has 2 saturated heterocycles. The second-order valence-corrected chi connectivity index (χ2v) is 11.2. The quantitative estimate of drug-likeness (QED) is 0.419. The summed E-state index contributed by atoms with van der Waals surface area (Å²) in [5.74, 6) is 0. The number of fused-ring (bicyclic) bond motifs is 2. The van der Waals surface area contributed by atoms with E-state index >= 15 is 0 Å². The lowest BCUT2D eigenvalue weighted by Crippen LogP contribution is -2.54. The molecule has 0 unspecified atom stereocenters. The minimum atomic E-state index is -3.65. The van der Waals surface area contributed by atoms with Crippen molar-refractivity contribution in [1.82, 2.24) is 9.21 Å². The molecule has 2 fully saturated rings. The van der Waals surface area contributed by atoms with E-state index < -0.39 is 15.7 Å². The van der Waals surface area contributed by atoms with E-state index in [1.165, 1.54) is 16.3 Å². The molecule has 4 aromatic rings. The summed E-state index contributed by atoms with van der Waals surface area (Å²) in [6.45, 7) is 3.31. The normalized spacial score (nSPS) is 19.3. The Hall–Kier alpha value is -2.77. The van der Waals surface area contributed by atoms with Gasteiger partial charge in [-0.2, -0.15) is 4.31 Å². The van der Waals surface area contributed by atoms with Crippen LogP contribution in [0.4, 0.5) is 0 Å². The van der Waals surface area contributed by atoms with Gasteiger partial charge in [0.2, 0.25) is 10.0 Å². The molecule has 0 aromatic heterocycles. The fourth-order valence-electron chi connectivity index (χ4n) is 5.44. The molecule has 0 bridgehead atoms. The lowest BCUT2D eigenvalue weighted by Gasteiger charge is -2.42. The fraction of sp³-hybridized carbons (Fsp3) is 0.286. The van der Waals surface area contributed by atoms with Crippen molar-refractivity contribution in [3.63, 3.8) is 0 Å². The first-order valence-electron chi connectivity index (χ1n) is 11.9. The van der Waals surface area contributed by atoms with E-state index in [-0.39, 0.29) is 0 Å². The van der Waals surface area contributed by atoms with Crippen LogP contribution in [0.1, 0.15) is 18.4 Å². The summed E-state index contributed by atoms with van der Waals surface area (Å²) in [5.41, 5.74) is 0.535. The number of likely N-dealkylation sites (tertiary alicyclic amines) is 1. The summed E-state index contributed by atoms with van der Waals surface area (Å²) in [6.07, 6.45) is 1.35. The maximum Gasteiger partial charge on any atom is 0.245 e. The van der Waals surface area contributed by atoms with Crippen LogP contribution in [0, 0.1) is 0 Å². The van der Waals surface area contributed by atoms with Crippen LogP contribution < -0.4 is 0 Å². The third kappa shape index (κ3) is 3.81. The number of sulfonamides is 1. The average molecular weight is 473 g/mol. The summed E-state index contributed by atoms with van der Waals surface area (Å²) >= 11 is 0. The van der Waals surface area contributed by atoms with E-state index in [0.717, 1.165) is 30.4 Å². The number of rotatable bonds is 4. The third-order valence-electron chi connectivity index (χ3n) is 7.29. The topological polar surface area (TPSA) is 49.9 Å². The number of hydrogen-bond donors (Lipinski definition) is 0. The van der Waals surface area contributed by atoms with E-state index in [9.17, 15) is 8.42 Å². The molecule has 0 saturated carbocycles. The zero-order valence-corrected chi connectivity index (χ0v) is 19.9. The van der Waals surface area contributed by atoms with Crippen molar-refractivity contribution in [3.05, 3.63) is 90.5 Å². The number of nitrogens with zero attached hydrogens (tertiary/aromatic N) is 2. The smallest absolute Gasteiger partial charge is 0.245 e. The molecule has 1 spiro atoms. The highest BCUT2D eigenvalue weighted by Gasteiger charge is 2.50. The Bertz CT molecular complexity index is 1460. The Kier molecular flexibility index (Phi) is 5.41. The molecule has 0 atom stereocenters. The second-order valence-electron chi connectivity index (χ2n) is 9.34. The highest BCUT2D eigenvalue weighted by molar-refractivity contribution is 7.89. The summed E-state index contributed by atoms with van der Waals surface area (Å²) in [6, 6.07) is 28.3. The predicted molar refractivity (Wildman–Crippen MR) is 135 cm³/mol. The molecule has 5 nitrogen and oxygen atoms in total. The molecule has 6 rings (SSSR count). The molecule has 0 N–H and O–H groups in total. The van der Waals surface area contributed by atoms with Crippen LogP contribution >= 0.6 is 0 Å². The largest absolute Gasteiger partial charge is 0.358 e. The number of benzene rings is 4. The highest BCUT2D eigenvalue weighted by atomic mass is 32.2. The lowest BCUT2D eigenvalue weighted by atomic mass is 9.99. The second kappa shape index (κ2) is 8.47. The zero-order valence-electron chi connectivity index (χ0n) is 19.1. The van der Waals surface area contributed by atoms with Crippen molar-refractivity contribution >= 4 is 31.6 Å². The van der Waals surface area contributed by atoms with E-state index in [2.05, 4.69) is 47.4 Å². The van der Waals surface area contributed by atoms with Gasteiger partial charge in [0.25, 0.3) is 0 Å². The van der Waals surface area contributed by atoms with Crippen LogP contribution in [0.5, 0.6) is 0 Å². The lowest BCUT2D eigenvalue weighted by molar-refractivity contribution is -0.0917. The minimum absolute atomic E-state index is 0.342. The van der Waals surface area contributed by atoms with Crippen molar-refractivity contribution < 1.29 is 13.2 Å². The van der Waals surface area contributed by atoms with E-state index in [0.29, 0.717) is 30.9 Å². The van der Waals surface area contributed by atoms with Crippen LogP contribution in [-0.2, 0) is 21.3 Å². The van der Waals surface area contributed by atoms with Crippen LogP contribution in [0.2, 0.25) is 0 Å². The first-order chi connectivity index (χ1) is 16.5. The van der Waals surface area contributed by atoms with Gasteiger partial charge in [0, 0.05) is 39.0 Å². The Labute approximate surface area is 200 Å². The van der Waals surface area contributed by atoms with Crippen molar-refractivity contribution in [2.24, 2.45) is 0 Å². The van der Waals surface area contributed by atoms with Crippen LogP contribution in [0.15, 0.2) is 89.8 Å². The summed E-state index contributed by atoms with van der Waals surface area (Å²) in [4.78, 5) is 2.74. The molecule has 4 aromatic carbocycles. The van der Waals surface area contributed by atoms with Crippen LogP contribution in [-0.4, -0.2) is 49.6 Å². The van der Waals surface area contributed by atoms with E-state index in [4.69, 9.17) is 4.74 Å². The fourth-order valence-corrected chi connectivity index (χ4v) is 7.20. The predicted octanol–water partition coefficient (Wildman–Crippen LogP) is 5.01. The maximum absolute atomic E-state index is 13.7. The Morgan fingerprint density at radius 1 is 0.735 bits per heavy atom. The zero-order chi connectivity index (χ0) is 23.2. The Morgan fingerprint density at radius 3 is 2.06 bits per heavy atom. The van der Waals surface area contributed by atoms with Crippen molar-refractivity contribution in [2.75, 3.05) is 26.2 Å². The molecule has 0 aliphatic carbocycles. The van der Waals surface area contributed by atoms with Gasteiger partial charge in [-0.05, 0) is 45.3 Å². The molecule has 174 valence electrons. The monoisotopic (exact) mass is 472 g/mol.